The van der Waals surface area contributed by atoms with Crippen molar-refractivity contribution in [3.05, 3.63) is 64.2 Å². The van der Waals surface area contributed by atoms with Gasteiger partial charge in [0.15, 0.2) is 0 Å². The summed E-state index contributed by atoms with van der Waals surface area (Å²) in [5.74, 6) is -1.31. The molecule has 0 saturated carbocycles. The molecule has 1 N–H and O–H groups in total. The van der Waals surface area contributed by atoms with E-state index in [1.165, 1.54) is 36.4 Å². The standard InChI is InChI=1S/C15H12ClF2NO/c1-9-7-10(17)5-6-14(9)19-15(20)8-11-12(16)3-2-4-13(11)18/h2-7H,8H2,1H3,(H,19,20). The minimum Gasteiger partial charge on any atom is -0.326 e. The predicted octanol–water partition coefficient (Wildman–Crippen LogP) is 4.11. The number of carbonyl (C=O) groups excluding carboxylic acids is 1. The highest BCUT2D eigenvalue weighted by atomic mass is 35.5. The van der Waals surface area contributed by atoms with Crippen molar-refractivity contribution >= 4 is 23.2 Å². The van der Waals surface area contributed by atoms with Crippen molar-refractivity contribution in [3.8, 4) is 0 Å². The molecule has 104 valence electrons. The number of rotatable bonds is 3. The minimum absolute atomic E-state index is 0.145. The van der Waals surface area contributed by atoms with Gasteiger partial charge >= 0.3 is 0 Å². The molecule has 0 aliphatic heterocycles. The summed E-state index contributed by atoms with van der Waals surface area (Å²) in [6.45, 7) is 1.68. The van der Waals surface area contributed by atoms with Gasteiger partial charge in [0.05, 0.1) is 6.42 Å². The van der Waals surface area contributed by atoms with Crippen molar-refractivity contribution in [1.82, 2.24) is 0 Å². The van der Waals surface area contributed by atoms with Crippen LogP contribution in [0.1, 0.15) is 11.1 Å². The van der Waals surface area contributed by atoms with Crippen LogP contribution in [0.4, 0.5) is 14.5 Å². The number of anilines is 1. The van der Waals surface area contributed by atoms with E-state index in [1.807, 2.05) is 0 Å². The maximum atomic E-state index is 13.6. The average Bonchev–Trinajstić information content (AvgIpc) is 2.37. The highest BCUT2D eigenvalue weighted by molar-refractivity contribution is 6.31. The Hall–Kier alpha value is -1.94. The van der Waals surface area contributed by atoms with Crippen molar-refractivity contribution in [2.24, 2.45) is 0 Å². The first-order valence-electron chi connectivity index (χ1n) is 5.96. The molecule has 1 amide bonds. The molecular formula is C15H12ClF2NO. The first-order valence-corrected chi connectivity index (χ1v) is 6.34. The van der Waals surface area contributed by atoms with Gasteiger partial charge in [0.2, 0.25) is 5.91 Å². The van der Waals surface area contributed by atoms with Gasteiger partial charge in [-0.25, -0.2) is 8.78 Å². The van der Waals surface area contributed by atoms with Gasteiger partial charge in [-0.1, -0.05) is 17.7 Å². The Morgan fingerprint density at radius 3 is 2.65 bits per heavy atom. The van der Waals surface area contributed by atoms with Crippen LogP contribution < -0.4 is 5.32 Å². The van der Waals surface area contributed by atoms with E-state index < -0.39 is 11.7 Å². The van der Waals surface area contributed by atoms with E-state index in [0.717, 1.165) is 0 Å². The Kier molecular flexibility index (Phi) is 4.35. The molecule has 2 nitrogen and oxygen atoms in total. The summed E-state index contributed by atoms with van der Waals surface area (Å²) in [6.07, 6.45) is -0.178. The highest BCUT2D eigenvalue weighted by Gasteiger charge is 2.12. The van der Waals surface area contributed by atoms with E-state index in [0.29, 0.717) is 11.3 Å². The summed E-state index contributed by atoms with van der Waals surface area (Å²) in [5.41, 5.74) is 1.23. The molecule has 5 heteroatoms. The van der Waals surface area contributed by atoms with Gasteiger partial charge in [0, 0.05) is 16.3 Å². The molecule has 0 saturated heterocycles. The monoisotopic (exact) mass is 295 g/mol. The summed E-state index contributed by atoms with van der Waals surface area (Å²) in [6, 6.07) is 8.27. The SMILES string of the molecule is Cc1cc(F)ccc1NC(=O)Cc1c(F)cccc1Cl. The van der Waals surface area contributed by atoms with Gasteiger partial charge in [0.1, 0.15) is 11.6 Å². The molecular weight excluding hydrogens is 284 g/mol. The van der Waals surface area contributed by atoms with E-state index in [-0.39, 0.29) is 22.8 Å². The quantitative estimate of drug-likeness (QED) is 0.907. The second kappa shape index (κ2) is 6.01. The predicted molar refractivity (Wildman–Crippen MR) is 74.9 cm³/mol. The van der Waals surface area contributed by atoms with Gasteiger partial charge in [0.25, 0.3) is 0 Å². The summed E-state index contributed by atoms with van der Waals surface area (Å²) in [5, 5.41) is 2.81. The van der Waals surface area contributed by atoms with Crippen molar-refractivity contribution in [1.29, 1.82) is 0 Å². The van der Waals surface area contributed by atoms with Crippen LogP contribution in [0.2, 0.25) is 5.02 Å². The molecule has 0 fully saturated rings. The second-order valence-electron chi connectivity index (χ2n) is 4.38. The van der Waals surface area contributed by atoms with Crippen molar-refractivity contribution in [3.63, 3.8) is 0 Å². The van der Waals surface area contributed by atoms with Crippen LogP contribution in [-0.4, -0.2) is 5.91 Å². The topological polar surface area (TPSA) is 29.1 Å². The number of halogens is 3. The first-order chi connectivity index (χ1) is 9.47. The van der Waals surface area contributed by atoms with E-state index in [9.17, 15) is 13.6 Å². The highest BCUT2D eigenvalue weighted by Crippen LogP contribution is 2.21. The minimum atomic E-state index is -0.525. The summed E-state index contributed by atoms with van der Waals surface area (Å²) in [4.78, 5) is 11.9. The number of hydrogen-bond donors (Lipinski definition) is 1. The normalized spacial score (nSPS) is 10.4. The van der Waals surface area contributed by atoms with E-state index in [4.69, 9.17) is 11.6 Å². The van der Waals surface area contributed by atoms with Crippen molar-refractivity contribution in [2.45, 2.75) is 13.3 Å². The maximum absolute atomic E-state index is 13.6. The molecule has 0 spiro atoms. The lowest BCUT2D eigenvalue weighted by molar-refractivity contribution is -0.115. The average molecular weight is 296 g/mol. The molecule has 0 radical (unpaired) electrons. The Bertz CT molecular complexity index is 638. The molecule has 20 heavy (non-hydrogen) atoms. The van der Waals surface area contributed by atoms with Crippen LogP contribution in [0.25, 0.3) is 0 Å². The van der Waals surface area contributed by atoms with Gasteiger partial charge in [-0.2, -0.15) is 0 Å². The van der Waals surface area contributed by atoms with Gasteiger partial charge in [-0.15, -0.1) is 0 Å². The fourth-order valence-electron chi connectivity index (χ4n) is 1.82. The van der Waals surface area contributed by atoms with E-state index in [2.05, 4.69) is 5.32 Å². The third kappa shape index (κ3) is 3.33. The summed E-state index contributed by atoms with van der Waals surface area (Å²) < 4.78 is 26.5. The molecule has 2 aromatic carbocycles. The third-order valence-corrected chi connectivity index (χ3v) is 3.22. The van der Waals surface area contributed by atoms with Crippen LogP contribution in [-0.2, 0) is 11.2 Å². The van der Waals surface area contributed by atoms with Gasteiger partial charge in [-0.05, 0) is 42.8 Å². The number of nitrogens with one attached hydrogen (secondary N) is 1. The molecule has 2 rings (SSSR count). The van der Waals surface area contributed by atoms with Crippen LogP contribution in [0, 0.1) is 18.6 Å². The lowest BCUT2D eigenvalue weighted by Gasteiger charge is -2.09. The number of amides is 1. The largest absolute Gasteiger partial charge is 0.326 e. The molecule has 0 aromatic heterocycles. The Labute approximate surface area is 120 Å². The summed E-state index contributed by atoms with van der Waals surface area (Å²) >= 11 is 5.86. The lowest BCUT2D eigenvalue weighted by Crippen LogP contribution is -2.16. The molecule has 0 bridgehead atoms. The van der Waals surface area contributed by atoms with Crippen LogP contribution in [0.5, 0.6) is 0 Å². The third-order valence-electron chi connectivity index (χ3n) is 2.86. The number of benzene rings is 2. The van der Waals surface area contributed by atoms with Gasteiger partial charge in [-0.3, -0.25) is 4.79 Å². The summed E-state index contributed by atoms with van der Waals surface area (Å²) in [7, 11) is 0. The smallest absolute Gasteiger partial charge is 0.228 e. The Balaban J connectivity index is 2.13. The fourth-order valence-corrected chi connectivity index (χ4v) is 2.05. The number of aryl methyl sites for hydroxylation is 1. The van der Waals surface area contributed by atoms with Crippen LogP contribution in [0.3, 0.4) is 0 Å². The zero-order valence-electron chi connectivity index (χ0n) is 10.7. The van der Waals surface area contributed by atoms with Crippen molar-refractivity contribution in [2.75, 3.05) is 5.32 Å². The molecule has 0 unspecified atom stereocenters. The second-order valence-corrected chi connectivity index (χ2v) is 4.79. The zero-order valence-corrected chi connectivity index (χ0v) is 11.5. The van der Waals surface area contributed by atoms with Crippen LogP contribution in [0.15, 0.2) is 36.4 Å². The first kappa shape index (κ1) is 14.5. The van der Waals surface area contributed by atoms with Crippen LogP contribution >= 0.6 is 11.6 Å². The number of hydrogen-bond acceptors (Lipinski definition) is 1. The zero-order chi connectivity index (χ0) is 14.7. The molecule has 2 aromatic rings. The molecule has 0 aliphatic carbocycles. The van der Waals surface area contributed by atoms with E-state index >= 15 is 0 Å². The van der Waals surface area contributed by atoms with Gasteiger partial charge < -0.3 is 5.32 Å². The van der Waals surface area contributed by atoms with E-state index in [1.54, 1.807) is 6.92 Å². The Morgan fingerprint density at radius 2 is 2.00 bits per heavy atom. The number of carbonyl (C=O) groups is 1. The lowest BCUT2D eigenvalue weighted by atomic mass is 10.1. The maximum Gasteiger partial charge on any atom is 0.228 e. The molecule has 0 aliphatic rings. The van der Waals surface area contributed by atoms with Crippen molar-refractivity contribution < 1.29 is 13.6 Å². The Morgan fingerprint density at radius 1 is 1.25 bits per heavy atom. The fraction of sp³-hybridized carbons (Fsp3) is 0.133. The molecule has 0 atom stereocenters. The molecule has 0 heterocycles.